The van der Waals surface area contributed by atoms with Gasteiger partial charge in [-0.3, -0.25) is 19.1 Å². The normalized spacial score (nSPS) is 14.7. The molecule has 0 radical (unpaired) electrons. The number of nitrogens with zero attached hydrogens (tertiary/aromatic N) is 5. The molecule has 0 saturated carbocycles. The fourth-order valence-corrected chi connectivity index (χ4v) is 6.11. The molecule has 0 spiro atoms. The molecular formula is C27H31N5O2S. The topological polar surface area (TPSA) is 61.7 Å². The summed E-state index contributed by atoms with van der Waals surface area (Å²) in [6, 6.07) is 13.0. The maximum Gasteiger partial charge on any atom is 0.263 e. The van der Waals surface area contributed by atoms with Gasteiger partial charge in [0.2, 0.25) is 0 Å². The minimum atomic E-state index is -0.0873. The monoisotopic (exact) mass is 489 g/mol. The van der Waals surface area contributed by atoms with Crippen LogP contribution in [0.3, 0.4) is 0 Å². The summed E-state index contributed by atoms with van der Waals surface area (Å²) in [5.41, 5.74) is 3.31. The third-order valence-electron chi connectivity index (χ3n) is 6.97. The fourth-order valence-electron chi connectivity index (χ4n) is 4.95. The highest BCUT2D eigenvalue weighted by Crippen LogP contribution is 2.31. The third kappa shape index (κ3) is 4.32. The zero-order valence-electron chi connectivity index (χ0n) is 20.7. The average Bonchev–Trinajstić information content (AvgIpc) is 3.20. The molecule has 35 heavy (non-hydrogen) atoms. The molecule has 4 aromatic rings. The lowest BCUT2D eigenvalue weighted by atomic mass is 10.0. The van der Waals surface area contributed by atoms with Gasteiger partial charge >= 0.3 is 0 Å². The third-order valence-corrected chi connectivity index (χ3v) is 8.15. The molecular weight excluding hydrogens is 458 g/mol. The molecule has 0 unspecified atom stereocenters. The molecule has 0 bridgehead atoms. The maximum absolute atomic E-state index is 13.2. The van der Waals surface area contributed by atoms with Crippen molar-refractivity contribution in [1.82, 2.24) is 19.4 Å². The van der Waals surface area contributed by atoms with E-state index in [-0.39, 0.29) is 11.5 Å². The van der Waals surface area contributed by atoms with E-state index in [1.54, 1.807) is 25.0 Å². The van der Waals surface area contributed by atoms with E-state index in [0.717, 1.165) is 38.3 Å². The smallest absolute Gasteiger partial charge is 0.263 e. The number of fused-ring (bicyclic) bond motifs is 2. The summed E-state index contributed by atoms with van der Waals surface area (Å²) in [6.07, 6.45) is 1.63. The molecule has 1 aliphatic rings. The van der Waals surface area contributed by atoms with Crippen molar-refractivity contribution in [2.24, 2.45) is 0 Å². The Kier molecular flexibility index (Phi) is 6.34. The Bertz CT molecular complexity index is 1460. The Hall–Kier alpha value is -3.23. The van der Waals surface area contributed by atoms with Crippen molar-refractivity contribution in [3.8, 4) is 0 Å². The summed E-state index contributed by atoms with van der Waals surface area (Å²) in [6.45, 7) is 9.23. The van der Waals surface area contributed by atoms with E-state index in [4.69, 9.17) is 0 Å². The first-order valence-corrected chi connectivity index (χ1v) is 12.8. The van der Waals surface area contributed by atoms with Crippen molar-refractivity contribution in [3.05, 3.63) is 69.1 Å². The van der Waals surface area contributed by atoms with Crippen LogP contribution >= 0.6 is 11.3 Å². The number of anilines is 1. The highest BCUT2D eigenvalue weighted by molar-refractivity contribution is 7.20. The largest absolute Gasteiger partial charge is 0.368 e. The van der Waals surface area contributed by atoms with Gasteiger partial charge in [-0.25, -0.2) is 4.98 Å². The van der Waals surface area contributed by atoms with Gasteiger partial charge in [0.25, 0.3) is 11.5 Å². The zero-order chi connectivity index (χ0) is 24.7. The Balaban J connectivity index is 1.28. The number of rotatable bonds is 5. The van der Waals surface area contributed by atoms with E-state index in [1.165, 1.54) is 38.3 Å². The molecule has 1 fully saturated rings. The number of amides is 1. The summed E-state index contributed by atoms with van der Waals surface area (Å²) < 4.78 is 1.69. The molecule has 0 aliphatic carbocycles. The van der Waals surface area contributed by atoms with E-state index >= 15 is 0 Å². The number of carbonyl (C=O) groups is 1. The molecule has 2 aromatic carbocycles. The van der Waals surface area contributed by atoms with Crippen LogP contribution in [0.2, 0.25) is 0 Å². The van der Waals surface area contributed by atoms with E-state index < -0.39 is 0 Å². The highest BCUT2D eigenvalue weighted by atomic mass is 32.1. The minimum absolute atomic E-state index is 0.0634. The average molecular weight is 490 g/mol. The maximum atomic E-state index is 13.2. The number of piperazine rings is 1. The SMILES string of the molecule is Cc1ccc2ccccc2c1N1CCN(CCn2cnc3sc(C(=O)N(C)C)c(C)c3c2=O)CC1. The van der Waals surface area contributed by atoms with Crippen LogP contribution in [0.1, 0.15) is 20.8 Å². The van der Waals surface area contributed by atoms with Gasteiger partial charge < -0.3 is 9.80 Å². The van der Waals surface area contributed by atoms with Crippen molar-refractivity contribution in [1.29, 1.82) is 0 Å². The van der Waals surface area contributed by atoms with Gasteiger partial charge in [0.1, 0.15) is 4.83 Å². The quantitative estimate of drug-likeness (QED) is 0.427. The Morgan fingerprint density at radius 3 is 2.51 bits per heavy atom. The van der Waals surface area contributed by atoms with E-state index in [0.29, 0.717) is 21.6 Å². The van der Waals surface area contributed by atoms with E-state index in [1.807, 2.05) is 6.92 Å². The standard InChI is InChI=1S/C27H31N5O2S/c1-18-9-10-20-7-5-6-8-21(20)23(18)31-14-11-30(12-15-31)13-16-32-17-28-25-22(26(32)33)19(2)24(35-25)27(34)29(3)4/h5-10,17H,11-16H2,1-4H3. The Morgan fingerprint density at radius 2 is 1.77 bits per heavy atom. The number of aromatic nitrogens is 2. The summed E-state index contributed by atoms with van der Waals surface area (Å²) in [5.74, 6) is -0.0873. The molecule has 8 heteroatoms. The van der Waals surface area contributed by atoms with Gasteiger partial charge in [-0.2, -0.15) is 0 Å². The predicted molar refractivity (Wildman–Crippen MR) is 144 cm³/mol. The Morgan fingerprint density at radius 1 is 1.03 bits per heavy atom. The highest BCUT2D eigenvalue weighted by Gasteiger charge is 2.22. The first-order chi connectivity index (χ1) is 16.8. The summed E-state index contributed by atoms with van der Waals surface area (Å²) in [7, 11) is 3.44. The molecule has 3 heterocycles. The molecule has 1 aliphatic heterocycles. The molecule has 0 N–H and O–H groups in total. The van der Waals surface area contributed by atoms with Crippen LogP contribution < -0.4 is 10.5 Å². The lowest BCUT2D eigenvalue weighted by Crippen LogP contribution is -2.47. The molecule has 1 amide bonds. The number of carbonyl (C=O) groups excluding carboxylic acids is 1. The lowest BCUT2D eigenvalue weighted by Gasteiger charge is -2.37. The molecule has 0 atom stereocenters. The van der Waals surface area contributed by atoms with Crippen LogP contribution in [0.5, 0.6) is 0 Å². The van der Waals surface area contributed by atoms with Crippen molar-refractivity contribution in [2.45, 2.75) is 20.4 Å². The second-order valence-corrected chi connectivity index (χ2v) is 10.5. The zero-order valence-corrected chi connectivity index (χ0v) is 21.6. The van der Waals surface area contributed by atoms with Crippen molar-refractivity contribution >= 4 is 43.9 Å². The second kappa shape index (κ2) is 9.43. The number of thiophene rings is 1. The first-order valence-electron chi connectivity index (χ1n) is 12.0. The minimum Gasteiger partial charge on any atom is -0.368 e. The second-order valence-electron chi connectivity index (χ2n) is 9.46. The van der Waals surface area contributed by atoms with Crippen LogP contribution in [0.25, 0.3) is 21.0 Å². The van der Waals surface area contributed by atoms with Gasteiger partial charge in [0, 0.05) is 64.4 Å². The molecule has 2 aromatic heterocycles. The van der Waals surface area contributed by atoms with E-state index in [9.17, 15) is 9.59 Å². The lowest BCUT2D eigenvalue weighted by molar-refractivity contribution is 0.0831. The van der Waals surface area contributed by atoms with Gasteiger partial charge in [-0.15, -0.1) is 11.3 Å². The molecule has 7 nitrogen and oxygen atoms in total. The predicted octanol–water partition coefficient (Wildman–Crippen LogP) is 3.75. The van der Waals surface area contributed by atoms with Gasteiger partial charge in [-0.1, -0.05) is 36.4 Å². The van der Waals surface area contributed by atoms with Crippen molar-refractivity contribution in [2.75, 3.05) is 51.7 Å². The number of hydrogen-bond donors (Lipinski definition) is 0. The first kappa shape index (κ1) is 23.5. The molecule has 5 rings (SSSR count). The van der Waals surface area contributed by atoms with Crippen LogP contribution in [0.15, 0.2) is 47.5 Å². The van der Waals surface area contributed by atoms with Gasteiger partial charge in [-0.05, 0) is 30.4 Å². The number of aryl methyl sites for hydroxylation is 2. The van der Waals surface area contributed by atoms with E-state index in [2.05, 4.69) is 58.1 Å². The summed E-state index contributed by atoms with van der Waals surface area (Å²) in [5, 5.41) is 3.15. The van der Waals surface area contributed by atoms with Crippen LogP contribution in [-0.2, 0) is 6.54 Å². The Labute approximate surface area is 209 Å². The van der Waals surface area contributed by atoms with Crippen molar-refractivity contribution < 1.29 is 4.79 Å². The number of hydrogen-bond acceptors (Lipinski definition) is 6. The summed E-state index contributed by atoms with van der Waals surface area (Å²) >= 11 is 1.30. The molecule has 1 saturated heterocycles. The molecule has 182 valence electrons. The summed E-state index contributed by atoms with van der Waals surface area (Å²) in [4.78, 5) is 37.8. The van der Waals surface area contributed by atoms with Crippen LogP contribution in [0, 0.1) is 13.8 Å². The van der Waals surface area contributed by atoms with Crippen molar-refractivity contribution in [3.63, 3.8) is 0 Å². The van der Waals surface area contributed by atoms with Crippen LogP contribution in [-0.4, -0.2) is 72.1 Å². The fraction of sp³-hybridized carbons (Fsp3) is 0.370. The van der Waals surface area contributed by atoms with Crippen LogP contribution in [0.4, 0.5) is 5.69 Å². The number of benzene rings is 2. The van der Waals surface area contributed by atoms with Gasteiger partial charge in [0.05, 0.1) is 16.6 Å². The van der Waals surface area contributed by atoms with Gasteiger partial charge in [0.15, 0.2) is 0 Å².